The normalized spacial score (nSPS) is 19.3. The number of benzene rings is 2. The molecule has 0 aliphatic heterocycles. The molecule has 0 unspecified atom stereocenters. The molecule has 2 aromatic carbocycles. The lowest BCUT2D eigenvalue weighted by Gasteiger charge is -2.18. The smallest absolute Gasteiger partial charge is 0.258 e. The molecule has 0 bridgehead atoms. The van der Waals surface area contributed by atoms with E-state index in [-0.39, 0.29) is 5.75 Å². The van der Waals surface area contributed by atoms with E-state index in [0.717, 1.165) is 23.3 Å². The van der Waals surface area contributed by atoms with Crippen LogP contribution in [-0.2, 0) is 11.2 Å². The Balaban J connectivity index is 1.62. The second-order valence-electron chi connectivity index (χ2n) is 5.38. The Labute approximate surface area is 131 Å². The summed E-state index contributed by atoms with van der Waals surface area (Å²) in [6.07, 6.45) is -0.243. The third-order valence-electron chi connectivity index (χ3n) is 3.77. The van der Waals surface area contributed by atoms with Crippen LogP contribution in [0, 0.1) is 11.6 Å². The van der Waals surface area contributed by atoms with Gasteiger partial charge in [0.15, 0.2) is 18.2 Å². The minimum atomic E-state index is -0.871. The molecular formula is C17H15F2NO3. The molecular weight excluding hydrogens is 304 g/mol. The van der Waals surface area contributed by atoms with Crippen LogP contribution in [0.2, 0.25) is 0 Å². The molecule has 1 amide bonds. The van der Waals surface area contributed by atoms with Gasteiger partial charge in [0.05, 0.1) is 12.1 Å². The summed E-state index contributed by atoms with van der Waals surface area (Å²) in [7, 11) is 0. The maximum absolute atomic E-state index is 13.4. The van der Waals surface area contributed by atoms with Crippen molar-refractivity contribution >= 4 is 5.91 Å². The van der Waals surface area contributed by atoms with Gasteiger partial charge in [0.25, 0.3) is 5.91 Å². The molecule has 2 atom stereocenters. The summed E-state index contributed by atoms with van der Waals surface area (Å²) in [4.78, 5) is 12.0. The molecule has 2 N–H and O–H groups in total. The van der Waals surface area contributed by atoms with Crippen molar-refractivity contribution in [2.75, 3.05) is 6.61 Å². The monoisotopic (exact) mass is 319 g/mol. The SMILES string of the molecule is O=C(COc1ccc(F)cc1F)N[C@H]1c2ccccc2C[C@H]1O. The number of carbonyl (C=O) groups is 1. The number of aliphatic hydroxyl groups excluding tert-OH is 1. The second kappa shape index (κ2) is 6.34. The Kier molecular flexibility index (Phi) is 4.25. The summed E-state index contributed by atoms with van der Waals surface area (Å²) in [5.74, 6) is -2.28. The zero-order valence-electron chi connectivity index (χ0n) is 12.1. The van der Waals surface area contributed by atoms with E-state index in [1.54, 1.807) is 0 Å². The number of amides is 1. The van der Waals surface area contributed by atoms with E-state index in [0.29, 0.717) is 12.5 Å². The van der Waals surface area contributed by atoms with Crippen LogP contribution in [-0.4, -0.2) is 23.7 Å². The van der Waals surface area contributed by atoms with Gasteiger partial charge >= 0.3 is 0 Å². The number of nitrogens with one attached hydrogen (secondary N) is 1. The molecule has 6 heteroatoms. The quantitative estimate of drug-likeness (QED) is 0.907. The number of hydrogen-bond acceptors (Lipinski definition) is 3. The van der Waals surface area contributed by atoms with Crippen LogP contribution < -0.4 is 10.1 Å². The van der Waals surface area contributed by atoms with Gasteiger partial charge in [-0.1, -0.05) is 24.3 Å². The van der Waals surface area contributed by atoms with Gasteiger partial charge in [-0.3, -0.25) is 4.79 Å². The van der Waals surface area contributed by atoms with Crippen LogP contribution in [0.1, 0.15) is 17.2 Å². The van der Waals surface area contributed by atoms with Crippen LogP contribution in [0.25, 0.3) is 0 Å². The summed E-state index contributed by atoms with van der Waals surface area (Å²) in [5, 5.41) is 12.7. The molecule has 3 rings (SSSR count). The maximum atomic E-state index is 13.4. The first-order chi connectivity index (χ1) is 11.0. The molecule has 0 heterocycles. The van der Waals surface area contributed by atoms with E-state index >= 15 is 0 Å². The number of rotatable bonds is 4. The molecule has 120 valence electrons. The van der Waals surface area contributed by atoms with E-state index in [9.17, 15) is 18.7 Å². The highest BCUT2D eigenvalue weighted by atomic mass is 19.1. The second-order valence-corrected chi connectivity index (χ2v) is 5.38. The molecule has 0 spiro atoms. The zero-order chi connectivity index (χ0) is 16.4. The van der Waals surface area contributed by atoms with E-state index in [2.05, 4.69) is 5.32 Å². The van der Waals surface area contributed by atoms with Gasteiger partial charge in [-0.2, -0.15) is 0 Å². The molecule has 1 aliphatic carbocycles. The highest BCUT2D eigenvalue weighted by molar-refractivity contribution is 5.78. The van der Waals surface area contributed by atoms with Gasteiger partial charge < -0.3 is 15.2 Å². The average Bonchev–Trinajstić information content (AvgIpc) is 2.82. The largest absolute Gasteiger partial charge is 0.481 e. The average molecular weight is 319 g/mol. The topological polar surface area (TPSA) is 58.6 Å². The van der Waals surface area contributed by atoms with Crippen molar-refractivity contribution in [3.8, 4) is 5.75 Å². The van der Waals surface area contributed by atoms with Crippen molar-refractivity contribution < 1.29 is 23.4 Å². The summed E-state index contributed by atoms with van der Waals surface area (Å²) in [6.45, 7) is -0.423. The molecule has 0 fully saturated rings. The van der Waals surface area contributed by atoms with Crippen molar-refractivity contribution in [3.05, 3.63) is 65.2 Å². The summed E-state index contributed by atoms with van der Waals surface area (Å²) >= 11 is 0. The third kappa shape index (κ3) is 3.32. The summed E-state index contributed by atoms with van der Waals surface area (Å²) < 4.78 is 31.3. The first-order valence-corrected chi connectivity index (χ1v) is 7.17. The van der Waals surface area contributed by atoms with Crippen molar-refractivity contribution in [1.82, 2.24) is 5.32 Å². The Morgan fingerprint density at radius 3 is 2.83 bits per heavy atom. The van der Waals surface area contributed by atoms with Gasteiger partial charge in [-0.15, -0.1) is 0 Å². The minimum absolute atomic E-state index is 0.200. The summed E-state index contributed by atoms with van der Waals surface area (Å²) in [6, 6.07) is 9.79. The summed E-state index contributed by atoms with van der Waals surface area (Å²) in [5.41, 5.74) is 1.84. The minimum Gasteiger partial charge on any atom is -0.481 e. The van der Waals surface area contributed by atoms with Gasteiger partial charge in [0, 0.05) is 12.5 Å². The van der Waals surface area contributed by atoms with Gasteiger partial charge in [-0.05, 0) is 23.3 Å². The molecule has 0 radical (unpaired) electrons. The zero-order valence-corrected chi connectivity index (χ0v) is 12.1. The lowest BCUT2D eigenvalue weighted by molar-refractivity contribution is -0.124. The first-order valence-electron chi connectivity index (χ1n) is 7.17. The molecule has 23 heavy (non-hydrogen) atoms. The Morgan fingerprint density at radius 2 is 2.04 bits per heavy atom. The van der Waals surface area contributed by atoms with Crippen molar-refractivity contribution in [2.45, 2.75) is 18.6 Å². The van der Waals surface area contributed by atoms with E-state index in [4.69, 9.17) is 4.74 Å². The molecule has 2 aromatic rings. The van der Waals surface area contributed by atoms with E-state index in [1.165, 1.54) is 0 Å². The van der Waals surface area contributed by atoms with Crippen LogP contribution >= 0.6 is 0 Å². The number of hydrogen-bond donors (Lipinski definition) is 2. The number of fused-ring (bicyclic) bond motifs is 1. The van der Waals surface area contributed by atoms with Crippen LogP contribution in [0.15, 0.2) is 42.5 Å². The van der Waals surface area contributed by atoms with Gasteiger partial charge in [-0.25, -0.2) is 8.78 Å². The van der Waals surface area contributed by atoms with Crippen molar-refractivity contribution in [2.24, 2.45) is 0 Å². The van der Waals surface area contributed by atoms with Crippen LogP contribution in [0.5, 0.6) is 5.75 Å². The van der Waals surface area contributed by atoms with Crippen molar-refractivity contribution in [3.63, 3.8) is 0 Å². The lowest BCUT2D eigenvalue weighted by atomic mass is 10.1. The molecule has 1 aliphatic rings. The number of halogens is 2. The fourth-order valence-electron chi connectivity index (χ4n) is 2.70. The fraction of sp³-hybridized carbons (Fsp3) is 0.235. The lowest BCUT2D eigenvalue weighted by Crippen LogP contribution is -2.36. The number of carbonyl (C=O) groups excluding carboxylic acids is 1. The molecule has 4 nitrogen and oxygen atoms in total. The standard InChI is InChI=1S/C17H15F2NO3/c18-11-5-6-15(13(19)8-11)23-9-16(22)20-17-12-4-2-1-3-10(12)7-14(17)21/h1-6,8,14,17,21H,7,9H2,(H,20,22)/t14-,17+/m1/s1. The van der Waals surface area contributed by atoms with Crippen LogP contribution in [0.3, 0.4) is 0 Å². The molecule has 0 aromatic heterocycles. The maximum Gasteiger partial charge on any atom is 0.258 e. The Bertz CT molecular complexity index is 736. The molecule has 0 saturated heterocycles. The first kappa shape index (κ1) is 15.4. The van der Waals surface area contributed by atoms with E-state index < -0.39 is 36.3 Å². The molecule has 0 saturated carbocycles. The Hall–Kier alpha value is -2.47. The predicted molar refractivity (Wildman–Crippen MR) is 78.9 cm³/mol. The van der Waals surface area contributed by atoms with Crippen LogP contribution in [0.4, 0.5) is 8.78 Å². The third-order valence-corrected chi connectivity index (χ3v) is 3.77. The predicted octanol–water partition coefficient (Wildman–Crippen LogP) is 2.12. The van der Waals surface area contributed by atoms with Gasteiger partial charge in [0.2, 0.25) is 0 Å². The number of ether oxygens (including phenoxy) is 1. The van der Waals surface area contributed by atoms with Crippen molar-refractivity contribution in [1.29, 1.82) is 0 Å². The van der Waals surface area contributed by atoms with E-state index in [1.807, 2.05) is 24.3 Å². The Morgan fingerprint density at radius 1 is 1.26 bits per heavy atom. The highest BCUT2D eigenvalue weighted by Gasteiger charge is 2.31. The van der Waals surface area contributed by atoms with Gasteiger partial charge in [0.1, 0.15) is 5.82 Å². The highest BCUT2D eigenvalue weighted by Crippen LogP contribution is 2.31. The fourth-order valence-corrected chi connectivity index (χ4v) is 2.70. The number of aliphatic hydroxyl groups is 1.